The molecule has 1 aliphatic heterocycles. The standard InChI is InChI=1S/C21H21F2N9O2S2/c1-11-8-31(9-12(2)26-11)16-6-13(36(33,34)30-21(10-25)3-4-21)5-15-17(14(7-24)29-32(15)16)19-27-28-20(35-19)18(22)23/h5-6,11-12,18,26,30H,3-4,8-9H2,1-2H3/t11-,12-/m0/s1. The van der Waals surface area contributed by atoms with Crippen LogP contribution in [0, 0.1) is 22.7 Å². The summed E-state index contributed by atoms with van der Waals surface area (Å²) in [5.74, 6) is 0.413. The van der Waals surface area contributed by atoms with Gasteiger partial charge in [0.1, 0.15) is 17.4 Å². The number of piperazine rings is 1. The Morgan fingerprint density at radius 1 is 1.22 bits per heavy atom. The van der Waals surface area contributed by atoms with E-state index in [1.165, 1.54) is 16.6 Å². The number of hydrogen-bond donors (Lipinski definition) is 2. The Balaban J connectivity index is 1.74. The Morgan fingerprint density at radius 2 is 1.92 bits per heavy atom. The van der Waals surface area contributed by atoms with Gasteiger partial charge in [0.25, 0.3) is 6.43 Å². The molecular formula is C21H21F2N9O2S2. The van der Waals surface area contributed by atoms with Crippen molar-refractivity contribution in [3.63, 3.8) is 0 Å². The minimum Gasteiger partial charge on any atom is -0.353 e. The van der Waals surface area contributed by atoms with Crippen molar-refractivity contribution >= 4 is 32.7 Å². The molecule has 1 saturated carbocycles. The van der Waals surface area contributed by atoms with Gasteiger partial charge in [0, 0.05) is 31.2 Å². The number of hydrogen-bond acceptors (Lipinski definition) is 10. The van der Waals surface area contributed by atoms with E-state index in [2.05, 4.69) is 25.3 Å². The van der Waals surface area contributed by atoms with Gasteiger partial charge in [-0.2, -0.15) is 20.3 Å². The van der Waals surface area contributed by atoms with Gasteiger partial charge in [-0.05, 0) is 32.8 Å². The van der Waals surface area contributed by atoms with Gasteiger partial charge < -0.3 is 10.2 Å². The first-order valence-corrected chi connectivity index (χ1v) is 13.4. The van der Waals surface area contributed by atoms with Crippen LogP contribution in [0.15, 0.2) is 17.0 Å². The maximum Gasteiger partial charge on any atom is 0.291 e. The fraction of sp³-hybridized carbons (Fsp3) is 0.476. The van der Waals surface area contributed by atoms with E-state index in [0.29, 0.717) is 43.1 Å². The smallest absolute Gasteiger partial charge is 0.291 e. The zero-order valence-corrected chi connectivity index (χ0v) is 20.9. The summed E-state index contributed by atoms with van der Waals surface area (Å²) in [5, 5.41) is 33.9. The molecule has 188 valence electrons. The molecule has 0 radical (unpaired) electrons. The van der Waals surface area contributed by atoms with Crippen LogP contribution in [-0.4, -0.2) is 58.9 Å². The van der Waals surface area contributed by atoms with Crippen molar-refractivity contribution in [2.45, 2.75) is 55.6 Å². The topological polar surface area (TPSA) is 152 Å². The highest BCUT2D eigenvalue weighted by molar-refractivity contribution is 7.89. The van der Waals surface area contributed by atoms with Gasteiger partial charge in [0.15, 0.2) is 15.7 Å². The summed E-state index contributed by atoms with van der Waals surface area (Å²) in [6.45, 7) is 5.05. The number of fused-ring (bicyclic) bond motifs is 1. The van der Waals surface area contributed by atoms with Crippen LogP contribution in [0.25, 0.3) is 16.1 Å². The minimum atomic E-state index is -4.14. The molecule has 36 heavy (non-hydrogen) atoms. The van der Waals surface area contributed by atoms with Gasteiger partial charge in [-0.1, -0.05) is 11.3 Å². The van der Waals surface area contributed by atoms with Crippen molar-refractivity contribution in [1.82, 2.24) is 29.9 Å². The Morgan fingerprint density at radius 3 is 2.47 bits per heavy atom. The number of nitriles is 2. The van der Waals surface area contributed by atoms with E-state index in [-0.39, 0.29) is 38.8 Å². The number of rotatable bonds is 6. The lowest BCUT2D eigenvalue weighted by atomic mass is 10.1. The average Bonchev–Trinajstić information content (AvgIpc) is 3.24. The normalized spacial score (nSPS) is 21.5. The fourth-order valence-electron chi connectivity index (χ4n) is 4.39. The molecule has 1 aliphatic carbocycles. The molecule has 3 aromatic heterocycles. The van der Waals surface area contributed by atoms with Gasteiger partial charge >= 0.3 is 0 Å². The van der Waals surface area contributed by atoms with Crippen LogP contribution < -0.4 is 14.9 Å². The number of alkyl halides is 2. The molecule has 0 amide bonds. The maximum absolute atomic E-state index is 13.4. The number of halogens is 2. The van der Waals surface area contributed by atoms with E-state index in [4.69, 9.17) is 0 Å². The number of nitrogens with one attached hydrogen (secondary N) is 2. The van der Waals surface area contributed by atoms with Gasteiger partial charge in [-0.25, -0.2) is 21.7 Å². The summed E-state index contributed by atoms with van der Waals surface area (Å²) in [6.07, 6.45) is -2.03. The number of aromatic nitrogens is 4. The quantitative estimate of drug-likeness (QED) is 0.485. The molecule has 2 aliphatic rings. The summed E-state index contributed by atoms with van der Waals surface area (Å²) >= 11 is 0.614. The molecule has 0 bridgehead atoms. The Kier molecular flexibility index (Phi) is 5.91. The van der Waals surface area contributed by atoms with Crippen molar-refractivity contribution < 1.29 is 17.2 Å². The molecule has 4 heterocycles. The van der Waals surface area contributed by atoms with Crippen molar-refractivity contribution in [2.75, 3.05) is 18.0 Å². The van der Waals surface area contributed by atoms with Crippen LogP contribution in [0.1, 0.15) is 43.8 Å². The average molecular weight is 534 g/mol. The maximum atomic E-state index is 13.4. The molecule has 2 fully saturated rings. The first kappa shape index (κ1) is 24.5. The second kappa shape index (κ2) is 8.70. The highest BCUT2D eigenvalue weighted by Gasteiger charge is 2.47. The molecule has 0 unspecified atom stereocenters. The SMILES string of the molecule is C[C@H]1CN(c2cc(S(=O)(=O)NC3(C#N)CC3)cc3c(-c4nnc(C(F)F)s4)c(C#N)nn23)C[C@H](C)N1. The van der Waals surface area contributed by atoms with E-state index in [1.807, 2.05) is 30.9 Å². The zero-order valence-electron chi connectivity index (χ0n) is 19.2. The van der Waals surface area contributed by atoms with Crippen LogP contribution in [0.5, 0.6) is 0 Å². The lowest BCUT2D eigenvalue weighted by Crippen LogP contribution is -2.54. The summed E-state index contributed by atoms with van der Waals surface area (Å²) in [7, 11) is -4.14. The lowest BCUT2D eigenvalue weighted by molar-refractivity contribution is 0.150. The van der Waals surface area contributed by atoms with Gasteiger partial charge in [-0.15, -0.1) is 10.2 Å². The van der Waals surface area contributed by atoms with Crippen molar-refractivity contribution in [2.24, 2.45) is 0 Å². The Hall–Kier alpha value is -3.24. The van der Waals surface area contributed by atoms with Crippen molar-refractivity contribution in [3.8, 4) is 22.7 Å². The van der Waals surface area contributed by atoms with E-state index in [0.717, 1.165) is 0 Å². The number of pyridine rings is 1. The summed E-state index contributed by atoms with van der Waals surface area (Å²) in [6, 6.07) is 6.91. The number of sulfonamides is 1. The molecule has 3 aromatic rings. The molecule has 2 N–H and O–H groups in total. The molecule has 11 nitrogen and oxygen atoms in total. The number of anilines is 1. The largest absolute Gasteiger partial charge is 0.353 e. The zero-order chi connectivity index (χ0) is 25.8. The monoisotopic (exact) mass is 533 g/mol. The first-order valence-electron chi connectivity index (χ1n) is 11.1. The number of nitrogens with zero attached hydrogens (tertiary/aromatic N) is 7. The Bertz CT molecular complexity index is 1520. The molecule has 15 heteroatoms. The predicted octanol–water partition coefficient (Wildman–Crippen LogP) is 2.18. The molecule has 0 aromatic carbocycles. The van der Waals surface area contributed by atoms with E-state index >= 15 is 0 Å². The van der Waals surface area contributed by atoms with Crippen LogP contribution in [-0.2, 0) is 10.0 Å². The molecule has 2 atom stereocenters. The molecule has 5 rings (SSSR count). The molecule has 0 spiro atoms. The second-order valence-corrected chi connectivity index (χ2v) is 11.8. The van der Waals surface area contributed by atoms with Crippen molar-refractivity contribution in [1.29, 1.82) is 10.5 Å². The van der Waals surface area contributed by atoms with E-state index in [9.17, 15) is 27.7 Å². The van der Waals surface area contributed by atoms with Crippen molar-refractivity contribution in [3.05, 3.63) is 22.8 Å². The first-order chi connectivity index (χ1) is 17.1. The third-order valence-electron chi connectivity index (χ3n) is 6.12. The summed E-state index contributed by atoms with van der Waals surface area (Å²) < 4.78 is 57.1. The van der Waals surface area contributed by atoms with Crippen LogP contribution in [0.3, 0.4) is 0 Å². The predicted molar refractivity (Wildman–Crippen MR) is 126 cm³/mol. The second-order valence-electron chi connectivity index (χ2n) is 9.10. The summed E-state index contributed by atoms with van der Waals surface area (Å²) in [5.41, 5.74) is -0.905. The minimum absolute atomic E-state index is 0.0306. The van der Waals surface area contributed by atoms with E-state index < -0.39 is 27.0 Å². The summed E-state index contributed by atoms with van der Waals surface area (Å²) in [4.78, 5) is 1.83. The van der Waals surface area contributed by atoms with Crippen LogP contribution >= 0.6 is 11.3 Å². The third-order valence-corrected chi connectivity index (χ3v) is 8.58. The lowest BCUT2D eigenvalue weighted by Gasteiger charge is -2.37. The van der Waals surface area contributed by atoms with Crippen LogP contribution in [0.4, 0.5) is 14.6 Å². The molecular weight excluding hydrogens is 512 g/mol. The highest BCUT2D eigenvalue weighted by atomic mass is 32.2. The van der Waals surface area contributed by atoms with Gasteiger partial charge in [0.2, 0.25) is 10.0 Å². The van der Waals surface area contributed by atoms with E-state index in [1.54, 1.807) is 0 Å². The Labute approximate surface area is 209 Å². The van der Waals surface area contributed by atoms with Crippen LogP contribution in [0.2, 0.25) is 0 Å². The fourth-order valence-corrected chi connectivity index (χ4v) is 6.55. The molecule has 1 saturated heterocycles. The van der Waals surface area contributed by atoms with Gasteiger partial charge in [0.05, 0.1) is 22.0 Å². The highest BCUT2D eigenvalue weighted by Crippen LogP contribution is 2.39. The van der Waals surface area contributed by atoms with Gasteiger partial charge in [-0.3, -0.25) is 0 Å². The third kappa shape index (κ3) is 4.28.